The van der Waals surface area contributed by atoms with Crippen LogP contribution in [0.15, 0.2) is 65.5 Å². The molecule has 0 amide bonds. The minimum Gasteiger partial charge on any atom is -0.326 e. The molecule has 0 saturated carbocycles. The highest BCUT2D eigenvalue weighted by Gasteiger charge is 2.24. The first-order chi connectivity index (χ1) is 14.2. The van der Waals surface area contributed by atoms with E-state index in [0.717, 1.165) is 35.8 Å². The summed E-state index contributed by atoms with van der Waals surface area (Å²) in [5.74, 6) is 1.47. The van der Waals surface area contributed by atoms with Gasteiger partial charge in [-0.25, -0.2) is 0 Å². The second kappa shape index (κ2) is 7.46. The zero-order valence-electron chi connectivity index (χ0n) is 15.8. The molecule has 1 atom stereocenters. The standard InChI is InChI=1S/C22H20ClN5O/c23-18-8-4-7-16(11-18)17-9-10-27(13-17)14-19-12-20(29)28-22(24-19)25-21(26-28)15-5-2-1-3-6-15/h1-8,11-12,17H,9-10,13-14H2,(H,24,25,26). The Morgan fingerprint density at radius 1 is 1.10 bits per heavy atom. The zero-order valence-corrected chi connectivity index (χ0v) is 16.5. The Hall–Kier alpha value is -2.96. The number of likely N-dealkylation sites (tertiary alicyclic amines) is 1. The molecule has 146 valence electrons. The van der Waals surface area contributed by atoms with Gasteiger partial charge in [0.05, 0.1) is 0 Å². The summed E-state index contributed by atoms with van der Waals surface area (Å²) < 4.78 is 1.32. The van der Waals surface area contributed by atoms with Gasteiger partial charge in [0.15, 0.2) is 5.82 Å². The number of hydrogen-bond acceptors (Lipinski definition) is 4. The molecule has 1 saturated heterocycles. The van der Waals surface area contributed by atoms with Crippen LogP contribution < -0.4 is 5.56 Å². The van der Waals surface area contributed by atoms with E-state index < -0.39 is 0 Å². The zero-order chi connectivity index (χ0) is 19.8. The van der Waals surface area contributed by atoms with Crippen LogP contribution in [0.2, 0.25) is 5.02 Å². The molecule has 1 unspecified atom stereocenters. The van der Waals surface area contributed by atoms with E-state index in [1.165, 1.54) is 10.1 Å². The number of aromatic nitrogens is 4. The third kappa shape index (κ3) is 3.69. The van der Waals surface area contributed by atoms with E-state index in [-0.39, 0.29) is 5.56 Å². The maximum Gasteiger partial charge on any atom is 0.275 e. The molecule has 5 rings (SSSR count). The lowest BCUT2D eigenvalue weighted by Gasteiger charge is -2.16. The van der Waals surface area contributed by atoms with Crippen molar-refractivity contribution in [3.05, 3.63) is 87.3 Å². The summed E-state index contributed by atoms with van der Waals surface area (Å²) in [6, 6.07) is 19.4. The number of nitrogens with zero attached hydrogens (tertiary/aromatic N) is 4. The van der Waals surface area contributed by atoms with Crippen LogP contribution in [0, 0.1) is 0 Å². The molecule has 0 spiro atoms. The van der Waals surface area contributed by atoms with Crippen LogP contribution in [0.25, 0.3) is 17.2 Å². The third-order valence-electron chi connectivity index (χ3n) is 5.40. The quantitative estimate of drug-likeness (QED) is 0.561. The molecule has 0 bridgehead atoms. The van der Waals surface area contributed by atoms with E-state index in [9.17, 15) is 4.79 Å². The Bertz CT molecular complexity index is 1220. The molecule has 0 radical (unpaired) electrons. The summed E-state index contributed by atoms with van der Waals surface area (Å²) in [6.45, 7) is 2.60. The molecular weight excluding hydrogens is 386 g/mol. The topological polar surface area (TPSA) is 66.3 Å². The summed E-state index contributed by atoms with van der Waals surface area (Å²) in [7, 11) is 0. The smallest absolute Gasteiger partial charge is 0.275 e. The van der Waals surface area contributed by atoms with Gasteiger partial charge in [-0.05, 0) is 36.6 Å². The Morgan fingerprint density at radius 3 is 2.79 bits per heavy atom. The molecule has 4 aromatic rings. The Kier molecular flexibility index (Phi) is 4.66. The van der Waals surface area contributed by atoms with Crippen molar-refractivity contribution in [3.63, 3.8) is 0 Å². The highest BCUT2D eigenvalue weighted by molar-refractivity contribution is 6.30. The first-order valence-corrected chi connectivity index (χ1v) is 10.1. The average molecular weight is 406 g/mol. The fourth-order valence-electron chi connectivity index (χ4n) is 3.98. The SMILES string of the molecule is O=c1cc(CN2CCC(c3cccc(Cl)c3)C2)[nH]c2nc(-c3ccccc3)nn12. The monoisotopic (exact) mass is 405 g/mol. The number of rotatable bonds is 4. The van der Waals surface area contributed by atoms with Crippen molar-refractivity contribution >= 4 is 17.4 Å². The summed E-state index contributed by atoms with van der Waals surface area (Å²) in [5.41, 5.74) is 2.83. The van der Waals surface area contributed by atoms with Gasteiger partial charge < -0.3 is 4.98 Å². The van der Waals surface area contributed by atoms with Crippen LogP contribution in [-0.2, 0) is 6.54 Å². The van der Waals surface area contributed by atoms with Gasteiger partial charge in [0.1, 0.15) is 0 Å². The number of fused-ring (bicyclic) bond motifs is 1. The molecule has 1 aliphatic heterocycles. The van der Waals surface area contributed by atoms with E-state index in [2.05, 4.69) is 26.0 Å². The summed E-state index contributed by atoms with van der Waals surface area (Å²) in [6.07, 6.45) is 1.08. The number of H-pyrrole nitrogens is 1. The lowest BCUT2D eigenvalue weighted by Crippen LogP contribution is -2.23. The highest BCUT2D eigenvalue weighted by atomic mass is 35.5. The van der Waals surface area contributed by atoms with Crippen LogP contribution in [0.5, 0.6) is 0 Å². The van der Waals surface area contributed by atoms with Gasteiger partial charge in [0.2, 0.25) is 5.78 Å². The minimum atomic E-state index is -0.172. The maximum atomic E-state index is 12.5. The molecule has 0 aliphatic carbocycles. The van der Waals surface area contributed by atoms with Gasteiger partial charge in [0.25, 0.3) is 5.56 Å². The molecule has 2 aromatic heterocycles. The molecule has 1 aliphatic rings. The van der Waals surface area contributed by atoms with Crippen molar-refractivity contribution in [1.82, 2.24) is 24.5 Å². The highest BCUT2D eigenvalue weighted by Crippen LogP contribution is 2.29. The molecule has 6 nitrogen and oxygen atoms in total. The van der Waals surface area contributed by atoms with E-state index in [1.54, 1.807) is 6.07 Å². The Morgan fingerprint density at radius 2 is 1.97 bits per heavy atom. The maximum absolute atomic E-state index is 12.5. The second-order valence-corrected chi connectivity index (χ2v) is 7.88. The summed E-state index contributed by atoms with van der Waals surface area (Å²) in [5, 5.41) is 5.13. The van der Waals surface area contributed by atoms with Gasteiger partial charge in [-0.2, -0.15) is 9.50 Å². The van der Waals surface area contributed by atoms with Crippen molar-refractivity contribution in [2.75, 3.05) is 13.1 Å². The first kappa shape index (κ1) is 18.1. The predicted molar refractivity (Wildman–Crippen MR) is 113 cm³/mol. The van der Waals surface area contributed by atoms with Gasteiger partial charge >= 0.3 is 0 Å². The Balaban J connectivity index is 1.36. The van der Waals surface area contributed by atoms with Crippen LogP contribution in [-0.4, -0.2) is 37.6 Å². The molecule has 3 heterocycles. The van der Waals surface area contributed by atoms with Crippen molar-refractivity contribution < 1.29 is 0 Å². The number of nitrogens with one attached hydrogen (secondary N) is 1. The number of aromatic amines is 1. The van der Waals surface area contributed by atoms with Gasteiger partial charge in [-0.15, -0.1) is 5.10 Å². The molecule has 7 heteroatoms. The Labute approximate surface area is 172 Å². The predicted octanol–water partition coefficient (Wildman–Crippen LogP) is 3.73. The first-order valence-electron chi connectivity index (χ1n) is 9.68. The minimum absolute atomic E-state index is 0.172. The third-order valence-corrected chi connectivity index (χ3v) is 5.64. The normalized spacial score (nSPS) is 17.2. The van der Waals surface area contributed by atoms with Crippen LogP contribution in [0.3, 0.4) is 0 Å². The summed E-state index contributed by atoms with van der Waals surface area (Å²) in [4.78, 5) is 22.7. The van der Waals surface area contributed by atoms with E-state index in [1.807, 2.05) is 48.5 Å². The second-order valence-electron chi connectivity index (χ2n) is 7.45. The van der Waals surface area contributed by atoms with Crippen molar-refractivity contribution in [3.8, 4) is 11.4 Å². The summed E-state index contributed by atoms with van der Waals surface area (Å²) >= 11 is 6.14. The fourth-order valence-corrected chi connectivity index (χ4v) is 4.18. The van der Waals surface area contributed by atoms with Crippen molar-refractivity contribution in [2.45, 2.75) is 18.9 Å². The van der Waals surface area contributed by atoms with Crippen LogP contribution in [0.1, 0.15) is 23.6 Å². The average Bonchev–Trinajstić information content (AvgIpc) is 3.36. The lowest BCUT2D eigenvalue weighted by molar-refractivity contribution is 0.322. The van der Waals surface area contributed by atoms with E-state index >= 15 is 0 Å². The van der Waals surface area contributed by atoms with Crippen molar-refractivity contribution in [1.29, 1.82) is 0 Å². The largest absolute Gasteiger partial charge is 0.326 e. The number of hydrogen-bond donors (Lipinski definition) is 1. The van der Waals surface area contributed by atoms with E-state index in [4.69, 9.17) is 11.6 Å². The van der Waals surface area contributed by atoms with Crippen molar-refractivity contribution in [2.24, 2.45) is 0 Å². The molecule has 29 heavy (non-hydrogen) atoms. The number of benzene rings is 2. The van der Waals surface area contributed by atoms with Crippen LogP contribution in [0.4, 0.5) is 0 Å². The van der Waals surface area contributed by atoms with Gasteiger partial charge in [-0.3, -0.25) is 9.69 Å². The van der Waals surface area contributed by atoms with E-state index in [0.29, 0.717) is 24.1 Å². The fraction of sp³-hybridized carbons (Fsp3) is 0.227. The lowest BCUT2D eigenvalue weighted by atomic mass is 9.99. The van der Waals surface area contributed by atoms with Crippen LogP contribution >= 0.6 is 11.6 Å². The molecule has 1 fully saturated rings. The number of halogens is 1. The van der Waals surface area contributed by atoms with Gasteiger partial charge in [-0.1, -0.05) is 54.1 Å². The van der Waals surface area contributed by atoms with Gasteiger partial charge in [0, 0.05) is 35.4 Å². The molecule has 2 aromatic carbocycles. The molecule has 1 N–H and O–H groups in total. The molecular formula is C22H20ClN5O.